The first-order valence-electron chi connectivity index (χ1n) is 8.08. The number of rotatable bonds is 6. The van der Waals surface area contributed by atoms with Crippen LogP contribution in [-0.2, 0) is 19.6 Å². The van der Waals surface area contributed by atoms with Crippen LogP contribution in [0.5, 0.6) is 0 Å². The second kappa shape index (κ2) is 7.27. The molecule has 0 radical (unpaired) electrons. The molecule has 2 N–H and O–H groups in total. The standard InChI is InChI=1S/C17H15N3O7S/c21-16-8-11(17(22)23)10-19(16)13-4-6-15(7-5-13)28(26,27)18-12-2-1-3-14(9-12)20(24)25/h1-7,9,11,18H,8,10H2,(H,22,23). The van der Waals surface area contributed by atoms with Crippen LogP contribution in [0.15, 0.2) is 53.4 Å². The molecule has 0 saturated carbocycles. The van der Waals surface area contributed by atoms with E-state index in [0.717, 1.165) is 6.07 Å². The van der Waals surface area contributed by atoms with Crippen molar-refractivity contribution >= 4 is 39.0 Å². The monoisotopic (exact) mass is 405 g/mol. The molecule has 3 rings (SSSR count). The van der Waals surface area contributed by atoms with Gasteiger partial charge < -0.3 is 10.0 Å². The number of nitro groups is 1. The lowest BCUT2D eigenvalue weighted by atomic mass is 10.1. The largest absolute Gasteiger partial charge is 0.481 e. The number of amides is 1. The lowest BCUT2D eigenvalue weighted by Crippen LogP contribution is -2.25. The number of carbonyl (C=O) groups is 2. The molecule has 28 heavy (non-hydrogen) atoms. The Balaban J connectivity index is 1.79. The average Bonchev–Trinajstić information content (AvgIpc) is 3.04. The van der Waals surface area contributed by atoms with Crippen LogP contribution in [0.1, 0.15) is 6.42 Å². The molecule has 1 aliphatic rings. The van der Waals surface area contributed by atoms with Crippen molar-refractivity contribution in [1.29, 1.82) is 0 Å². The number of non-ortho nitro benzene ring substituents is 1. The fraction of sp³-hybridized carbons (Fsp3) is 0.176. The molecule has 10 nitrogen and oxygen atoms in total. The van der Waals surface area contributed by atoms with Crippen LogP contribution in [0.2, 0.25) is 0 Å². The molecule has 1 unspecified atom stereocenters. The van der Waals surface area contributed by atoms with Crippen LogP contribution in [0.3, 0.4) is 0 Å². The Hall–Kier alpha value is -3.47. The highest BCUT2D eigenvalue weighted by molar-refractivity contribution is 7.92. The summed E-state index contributed by atoms with van der Waals surface area (Å²) in [4.78, 5) is 34.4. The van der Waals surface area contributed by atoms with Gasteiger partial charge in [0, 0.05) is 30.8 Å². The van der Waals surface area contributed by atoms with Gasteiger partial charge in [0.1, 0.15) is 0 Å². The average molecular weight is 405 g/mol. The van der Waals surface area contributed by atoms with Crippen molar-refractivity contribution in [3.05, 3.63) is 58.6 Å². The summed E-state index contributed by atoms with van der Waals surface area (Å²) < 4.78 is 27.2. The Morgan fingerprint density at radius 2 is 1.89 bits per heavy atom. The molecule has 2 aromatic carbocycles. The fourth-order valence-corrected chi connectivity index (χ4v) is 3.87. The van der Waals surface area contributed by atoms with Crippen molar-refractivity contribution in [2.75, 3.05) is 16.2 Å². The zero-order valence-corrected chi connectivity index (χ0v) is 15.1. The van der Waals surface area contributed by atoms with Crippen molar-refractivity contribution in [2.24, 2.45) is 5.92 Å². The van der Waals surface area contributed by atoms with Crippen LogP contribution in [-0.4, -0.2) is 36.9 Å². The number of nitro benzene ring substituents is 1. The summed E-state index contributed by atoms with van der Waals surface area (Å²) in [5.74, 6) is -2.21. The first-order valence-corrected chi connectivity index (χ1v) is 9.56. The van der Waals surface area contributed by atoms with E-state index in [4.69, 9.17) is 5.11 Å². The third-order valence-electron chi connectivity index (χ3n) is 4.24. The predicted molar refractivity (Wildman–Crippen MR) is 98.4 cm³/mol. The highest BCUT2D eigenvalue weighted by atomic mass is 32.2. The van der Waals surface area contributed by atoms with E-state index in [2.05, 4.69) is 4.72 Å². The smallest absolute Gasteiger partial charge is 0.308 e. The number of carbonyl (C=O) groups excluding carboxylic acids is 1. The lowest BCUT2D eigenvalue weighted by Gasteiger charge is -2.16. The zero-order valence-electron chi connectivity index (χ0n) is 14.3. The van der Waals surface area contributed by atoms with Crippen LogP contribution in [0.4, 0.5) is 17.1 Å². The van der Waals surface area contributed by atoms with E-state index in [1.54, 1.807) is 0 Å². The van der Waals surface area contributed by atoms with Crippen molar-refractivity contribution in [3.63, 3.8) is 0 Å². The molecular weight excluding hydrogens is 390 g/mol. The summed E-state index contributed by atoms with van der Waals surface area (Å²) in [5.41, 5.74) is 0.177. The maximum absolute atomic E-state index is 12.5. The first kappa shape index (κ1) is 19.3. The maximum Gasteiger partial charge on any atom is 0.308 e. The summed E-state index contributed by atoms with van der Waals surface area (Å²) in [5, 5.41) is 19.8. The summed E-state index contributed by atoms with van der Waals surface area (Å²) in [7, 11) is -4.00. The van der Waals surface area contributed by atoms with Crippen molar-refractivity contribution in [1.82, 2.24) is 0 Å². The van der Waals surface area contributed by atoms with E-state index in [9.17, 15) is 28.1 Å². The predicted octanol–water partition coefficient (Wildman–Crippen LogP) is 1.83. The summed E-state index contributed by atoms with van der Waals surface area (Å²) in [6, 6.07) is 10.4. The van der Waals surface area contributed by atoms with E-state index in [1.807, 2.05) is 0 Å². The van der Waals surface area contributed by atoms with Gasteiger partial charge in [0.25, 0.3) is 15.7 Å². The van der Waals surface area contributed by atoms with Crippen LogP contribution in [0, 0.1) is 16.0 Å². The van der Waals surface area contributed by atoms with Gasteiger partial charge in [0.15, 0.2) is 0 Å². The van der Waals surface area contributed by atoms with Gasteiger partial charge in [-0.3, -0.25) is 24.4 Å². The number of sulfonamides is 1. The maximum atomic E-state index is 12.5. The Morgan fingerprint density at radius 3 is 2.46 bits per heavy atom. The summed E-state index contributed by atoms with van der Waals surface area (Å²) in [6.45, 7) is 0.0200. The molecule has 1 aliphatic heterocycles. The number of carboxylic acid groups (broad SMARTS) is 1. The van der Waals surface area contributed by atoms with Gasteiger partial charge >= 0.3 is 5.97 Å². The SMILES string of the molecule is O=C(O)C1CC(=O)N(c2ccc(S(=O)(=O)Nc3cccc([N+](=O)[O-])c3)cc2)C1. The van der Waals surface area contributed by atoms with Crippen LogP contribution >= 0.6 is 0 Å². The van der Waals surface area contributed by atoms with Gasteiger partial charge in [-0.15, -0.1) is 0 Å². The zero-order chi connectivity index (χ0) is 20.5. The van der Waals surface area contributed by atoms with E-state index >= 15 is 0 Å². The van der Waals surface area contributed by atoms with Crippen molar-refractivity contribution < 1.29 is 28.0 Å². The van der Waals surface area contributed by atoms with Crippen LogP contribution < -0.4 is 9.62 Å². The topological polar surface area (TPSA) is 147 Å². The van der Waals surface area contributed by atoms with Gasteiger partial charge in [-0.2, -0.15) is 0 Å². The molecular formula is C17H15N3O7S. The number of carboxylic acids is 1. The Labute approximate surface area is 159 Å². The minimum absolute atomic E-state index is 0.0200. The molecule has 1 fully saturated rings. The van der Waals surface area contributed by atoms with Crippen LogP contribution in [0.25, 0.3) is 0 Å². The van der Waals surface area contributed by atoms with Gasteiger partial charge in [0.2, 0.25) is 5.91 Å². The highest BCUT2D eigenvalue weighted by Crippen LogP contribution is 2.27. The number of nitrogens with one attached hydrogen (secondary N) is 1. The van der Waals surface area contributed by atoms with Crippen molar-refractivity contribution in [3.8, 4) is 0 Å². The number of anilines is 2. The lowest BCUT2D eigenvalue weighted by molar-refractivity contribution is -0.384. The Kier molecular flexibility index (Phi) is 5.01. The van der Waals surface area contributed by atoms with Gasteiger partial charge in [-0.1, -0.05) is 6.07 Å². The second-order valence-corrected chi connectivity index (χ2v) is 7.83. The number of benzene rings is 2. The summed E-state index contributed by atoms with van der Waals surface area (Å²) >= 11 is 0. The highest BCUT2D eigenvalue weighted by Gasteiger charge is 2.35. The second-order valence-electron chi connectivity index (χ2n) is 6.15. The Bertz CT molecular complexity index is 1050. The molecule has 146 valence electrons. The number of aliphatic carboxylic acids is 1. The third-order valence-corrected chi connectivity index (χ3v) is 5.64. The molecule has 1 atom stereocenters. The van der Waals surface area contributed by atoms with E-state index in [1.165, 1.54) is 47.4 Å². The van der Waals surface area contributed by atoms with E-state index in [0.29, 0.717) is 5.69 Å². The quantitative estimate of drug-likeness (QED) is 0.550. The van der Waals surface area contributed by atoms with E-state index < -0.39 is 26.8 Å². The molecule has 0 aromatic heterocycles. The molecule has 1 amide bonds. The molecule has 2 aromatic rings. The number of hydrogen-bond acceptors (Lipinski definition) is 6. The third kappa shape index (κ3) is 3.93. The molecule has 1 saturated heterocycles. The molecule has 0 bridgehead atoms. The molecule has 1 heterocycles. The van der Waals surface area contributed by atoms with E-state index in [-0.39, 0.29) is 35.1 Å². The minimum atomic E-state index is -4.00. The number of hydrogen-bond donors (Lipinski definition) is 2. The molecule has 0 aliphatic carbocycles. The normalized spacial score (nSPS) is 16.8. The first-order chi connectivity index (χ1) is 13.2. The van der Waals surface area contributed by atoms with Crippen molar-refractivity contribution in [2.45, 2.75) is 11.3 Å². The minimum Gasteiger partial charge on any atom is -0.481 e. The fourth-order valence-electron chi connectivity index (χ4n) is 2.82. The Morgan fingerprint density at radius 1 is 1.21 bits per heavy atom. The van der Waals surface area contributed by atoms with Gasteiger partial charge in [-0.05, 0) is 30.3 Å². The molecule has 0 spiro atoms. The number of nitrogens with zero attached hydrogens (tertiary/aromatic N) is 2. The molecule has 11 heteroatoms. The summed E-state index contributed by atoms with van der Waals surface area (Å²) in [6.07, 6.45) is -0.107. The van der Waals surface area contributed by atoms with Gasteiger partial charge in [-0.25, -0.2) is 8.42 Å². The van der Waals surface area contributed by atoms with Gasteiger partial charge in [0.05, 0.1) is 21.4 Å².